The number of benzene rings is 2. The second kappa shape index (κ2) is 12.7. The van der Waals surface area contributed by atoms with E-state index in [2.05, 4.69) is 5.32 Å². The Bertz CT molecular complexity index is 1160. The highest BCUT2D eigenvalue weighted by molar-refractivity contribution is 5.95. The molecule has 1 aliphatic heterocycles. The lowest BCUT2D eigenvalue weighted by Gasteiger charge is -2.40. The minimum atomic E-state index is -1.75. The second-order valence-electron chi connectivity index (χ2n) is 8.34. The van der Waals surface area contributed by atoms with Crippen molar-refractivity contribution < 1.29 is 63.5 Å². The average molecular weight is 554 g/mol. The van der Waals surface area contributed by atoms with E-state index in [1.54, 1.807) is 6.92 Å². The number of aromatic hydroxyl groups is 1. The summed E-state index contributed by atoms with van der Waals surface area (Å²) in [7, 11) is 3.86. The number of nitrogens with one attached hydrogen (secondary N) is 1. The van der Waals surface area contributed by atoms with Crippen LogP contribution in [0.1, 0.15) is 27.6 Å². The largest absolute Gasteiger partial charge is 0.502 e. The van der Waals surface area contributed by atoms with Gasteiger partial charge in [-0.15, -0.1) is 0 Å². The molecule has 1 heterocycles. The number of esters is 1. The zero-order chi connectivity index (χ0) is 28.9. The Morgan fingerprint density at radius 3 is 2.05 bits per heavy atom. The lowest BCUT2D eigenvalue weighted by molar-refractivity contribution is -0.277. The number of ether oxygens (including phenoxy) is 6. The third-order valence-corrected chi connectivity index (χ3v) is 5.91. The summed E-state index contributed by atoms with van der Waals surface area (Å²) in [6.07, 6.45) is -8.05. The molecular formula is C25H31NO13. The molecular weight excluding hydrogens is 522 g/mol. The van der Waals surface area contributed by atoms with Crippen LogP contribution in [0.2, 0.25) is 0 Å². The average Bonchev–Trinajstić information content (AvgIpc) is 2.92. The molecule has 1 aliphatic rings. The number of carbonyl (C=O) groups excluding carboxylic acids is 1. The molecule has 3 rings (SSSR count). The molecule has 0 bridgehead atoms. The molecule has 0 spiro atoms. The number of aliphatic hydroxyl groups excluding tert-OH is 3. The predicted molar refractivity (Wildman–Crippen MR) is 133 cm³/mol. The van der Waals surface area contributed by atoms with Crippen LogP contribution < -0.4 is 24.3 Å². The van der Waals surface area contributed by atoms with Crippen molar-refractivity contribution in [3.8, 4) is 28.7 Å². The number of anilines is 1. The normalized spacial score (nSPS) is 22.5. The van der Waals surface area contributed by atoms with E-state index in [0.717, 1.165) is 0 Å². The van der Waals surface area contributed by atoms with Gasteiger partial charge in [-0.2, -0.15) is 0 Å². The molecule has 6 N–H and O–H groups in total. The molecule has 0 aliphatic carbocycles. The third kappa shape index (κ3) is 6.37. The molecule has 2 aromatic carbocycles. The molecule has 0 aromatic heterocycles. The van der Waals surface area contributed by atoms with Gasteiger partial charge in [-0.25, -0.2) is 9.59 Å². The van der Waals surface area contributed by atoms with E-state index in [1.807, 2.05) is 0 Å². The van der Waals surface area contributed by atoms with E-state index in [-0.39, 0.29) is 45.6 Å². The number of phenolic OH excluding ortho intramolecular Hbond substituents is 1. The Morgan fingerprint density at radius 1 is 0.897 bits per heavy atom. The van der Waals surface area contributed by atoms with Crippen LogP contribution in [-0.2, 0) is 9.47 Å². The number of carboxylic acids is 1. The van der Waals surface area contributed by atoms with Crippen LogP contribution in [0.15, 0.2) is 24.3 Å². The van der Waals surface area contributed by atoms with E-state index in [1.165, 1.54) is 45.6 Å². The molecule has 214 valence electrons. The summed E-state index contributed by atoms with van der Waals surface area (Å²) in [6, 6.07) is 4.99. The van der Waals surface area contributed by atoms with Gasteiger partial charge in [0, 0.05) is 18.7 Å². The van der Waals surface area contributed by atoms with Crippen molar-refractivity contribution >= 4 is 17.6 Å². The molecule has 5 atom stereocenters. The highest BCUT2D eigenvalue weighted by atomic mass is 16.7. The van der Waals surface area contributed by atoms with Crippen LogP contribution in [0.25, 0.3) is 0 Å². The van der Waals surface area contributed by atoms with Gasteiger partial charge in [0.05, 0.1) is 38.1 Å². The summed E-state index contributed by atoms with van der Waals surface area (Å²) in [5.74, 6) is -2.52. The number of carbonyl (C=O) groups is 2. The van der Waals surface area contributed by atoms with E-state index in [0.29, 0.717) is 6.54 Å². The van der Waals surface area contributed by atoms with Gasteiger partial charge < -0.3 is 59.3 Å². The Balaban J connectivity index is 1.80. The Labute approximate surface area is 223 Å². The first-order chi connectivity index (χ1) is 18.6. The minimum Gasteiger partial charge on any atom is -0.502 e. The summed E-state index contributed by atoms with van der Waals surface area (Å²) in [6.45, 7) is 1.59. The number of aliphatic hydroxyl groups is 3. The standard InChI is InChI=1S/C25H31NO13/c1-5-26-13-9-15(14(34-2)8-12(13)23(31)32)38-25-22(30)21(29)20(28)18(39-25)10-37-24(33)11-6-16(35-3)19(27)17(7-11)36-4/h6-9,18,20-22,25-30H,5,10H2,1-4H3,(H,31,32). The topological polar surface area (TPSA) is 203 Å². The summed E-state index contributed by atoms with van der Waals surface area (Å²) in [5, 5.41) is 53.8. The van der Waals surface area contributed by atoms with Gasteiger partial charge in [-0.05, 0) is 19.1 Å². The van der Waals surface area contributed by atoms with Crippen molar-refractivity contribution in [2.75, 3.05) is 39.8 Å². The summed E-state index contributed by atoms with van der Waals surface area (Å²) < 4.78 is 31.8. The van der Waals surface area contributed by atoms with Crippen molar-refractivity contribution in [3.05, 3.63) is 35.4 Å². The lowest BCUT2D eigenvalue weighted by Crippen LogP contribution is -2.60. The van der Waals surface area contributed by atoms with Gasteiger partial charge in [-0.3, -0.25) is 0 Å². The first-order valence-corrected chi connectivity index (χ1v) is 11.7. The SMILES string of the molecule is CCNc1cc(OC2OC(COC(=O)c3cc(OC)c(O)c(OC)c3)C(O)C(O)C2O)c(OC)cc1C(=O)O. The van der Waals surface area contributed by atoms with Gasteiger partial charge in [-0.1, -0.05) is 0 Å². The predicted octanol–water partition coefficient (Wildman–Crippen LogP) is 0.591. The fourth-order valence-corrected chi connectivity index (χ4v) is 3.85. The molecule has 14 heteroatoms. The van der Waals surface area contributed by atoms with Crippen molar-refractivity contribution in [2.45, 2.75) is 37.6 Å². The highest BCUT2D eigenvalue weighted by Gasteiger charge is 2.46. The Kier molecular flexibility index (Phi) is 9.64. The monoisotopic (exact) mass is 553 g/mol. The summed E-state index contributed by atoms with van der Waals surface area (Å²) >= 11 is 0. The minimum absolute atomic E-state index is 0.00340. The number of carboxylic acid groups (broad SMARTS) is 1. The molecule has 2 aromatic rings. The number of hydrogen-bond donors (Lipinski definition) is 6. The molecule has 5 unspecified atom stereocenters. The van der Waals surface area contributed by atoms with Gasteiger partial charge in [0.25, 0.3) is 0 Å². The lowest BCUT2D eigenvalue weighted by atomic mass is 9.99. The number of methoxy groups -OCH3 is 3. The van der Waals surface area contributed by atoms with E-state index < -0.39 is 49.3 Å². The first kappa shape index (κ1) is 29.6. The Morgan fingerprint density at radius 2 is 1.51 bits per heavy atom. The molecule has 1 fully saturated rings. The molecule has 1 saturated heterocycles. The fourth-order valence-electron chi connectivity index (χ4n) is 3.85. The molecule has 0 amide bonds. The van der Waals surface area contributed by atoms with Crippen molar-refractivity contribution in [1.82, 2.24) is 0 Å². The van der Waals surface area contributed by atoms with E-state index in [4.69, 9.17) is 28.4 Å². The first-order valence-electron chi connectivity index (χ1n) is 11.7. The van der Waals surface area contributed by atoms with Gasteiger partial charge in [0.1, 0.15) is 31.0 Å². The van der Waals surface area contributed by atoms with E-state index >= 15 is 0 Å². The quantitative estimate of drug-likeness (QED) is 0.211. The van der Waals surface area contributed by atoms with Gasteiger partial charge >= 0.3 is 11.9 Å². The maximum Gasteiger partial charge on any atom is 0.338 e. The van der Waals surface area contributed by atoms with Crippen LogP contribution in [0.5, 0.6) is 28.7 Å². The highest BCUT2D eigenvalue weighted by Crippen LogP contribution is 2.38. The maximum absolute atomic E-state index is 12.7. The summed E-state index contributed by atoms with van der Waals surface area (Å²) in [5.41, 5.74) is 0.0743. The molecule has 0 radical (unpaired) electrons. The number of hydrogen-bond acceptors (Lipinski definition) is 13. The van der Waals surface area contributed by atoms with Gasteiger partial charge in [0.15, 0.2) is 23.0 Å². The summed E-state index contributed by atoms with van der Waals surface area (Å²) in [4.78, 5) is 24.3. The number of rotatable bonds is 11. The van der Waals surface area contributed by atoms with Crippen molar-refractivity contribution in [1.29, 1.82) is 0 Å². The second-order valence-corrected chi connectivity index (χ2v) is 8.34. The van der Waals surface area contributed by atoms with Crippen LogP contribution >= 0.6 is 0 Å². The molecule has 14 nitrogen and oxygen atoms in total. The number of aromatic carboxylic acids is 1. The molecule has 0 saturated carbocycles. The van der Waals surface area contributed by atoms with Crippen LogP contribution in [0.4, 0.5) is 5.69 Å². The van der Waals surface area contributed by atoms with E-state index in [9.17, 15) is 35.1 Å². The fraction of sp³-hybridized carbons (Fsp3) is 0.440. The van der Waals surface area contributed by atoms with Crippen molar-refractivity contribution in [3.63, 3.8) is 0 Å². The van der Waals surface area contributed by atoms with Crippen LogP contribution in [0.3, 0.4) is 0 Å². The number of phenols is 1. The smallest absolute Gasteiger partial charge is 0.338 e. The van der Waals surface area contributed by atoms with Crippen LogP contribution in [0, 0.1) is 0 Å². The zero-order valence-corrected chi connectivity index (χ0v) is 21.6. The third-order valence-electron chi connectivity index (χ3n) is 5.91. The van der Waals surface area contributed by atoms with Crippen LogP contribution in [-0.4, -0.2) is 103 Å². The zero-order valence-electron chi connectivity index (χ0n) is 21.6. The Hall–Kier alpha value is -3.98. The molecule has 39 heavy (non-hydrogen) atoms. The van der Waals surface area contributed by atoms with Crippen molar-refractivity contribution in [2.24, 2.45) is 0 Å². The maximum atomic E-state index is 12.7. The van der Waals surface area contributed by atoms with Gasteiger partial charge in [0.2, 0.25) is 12.0 Å².